The predicted molar refractivity (Wildman–Crippen MR) is 117 cm³/mol. The minimum absolute atomic E-state index is 0.863. The molecule has 0 aliphatic heterocycles. The zero-order chi connectivity index (χ0) is 18.7. The Kier molecular flexibility index (Phi) is 3.09. The van der Waals surface area contributed by atoms with E-state index in [0.717, 1.165) is 11.3 Å². The van der Waals surface area contributed by atoms with Crippen molar-refractivity contribution in [2.24, 2.45) is 0 Å². The van der Waals surface area contributed by atoms with Crippen molar-refractivity contribution in [2.45, 2.75) is 0 Å². The number of H-pyrrole nitrogens is 1. The van der Waals surface area contributed by atoms with Gasteiger partial charge in [-0.25, -0.2) is 0 Å². The van der Waals surface area contributed by atoms with Crippen molar-refractivity contribution in [3.8, 4) is 11.4 Å². The Morgan fingerprint density at radius 2 is 1.50 bits per heavy atom. The van der Waals surface area contributed by atoms with Crippen LogP contribution in [0.1, 0.15) is 0 Å². The quantitative estimate of drug-likeness (QED) is 0.378. The summed E-state index contributed by atoms with van der Waals surface area (Å²) in [7, 11) is 1.70. The molecule has 0 fully saturated rings. The Balaban J connectivity index is 1.82. The standard InChI is InChI=1S/C25H18N2O/c1-28-17-11-12-18-19-13-14-23-24(25(19)26-21(18)15-17)20-9-5-6-10-22(20)27(23)16-7-3-2-4-8-16/h2-15,26H,1H3. The van der Waals surface area contributed by atoms with E-state index in [9.17, 15) is 0 Å². The lowest BCUT2D eigenvalue weighted by molar-refractivity contribution is 0.415. The van der Waals surface area contributed by atoms with Gasteiger partial charge >= 0.3 is 0 Å². The van der Waals surface area contributed by atoms with Gasteiger partial charge in [-0.3, -0.25) is 0 Å². The Hall–Kier alpha value is -3.72. The molecule has 3 heteroatoms. The highest BCUT2D eigenvalue weighted by atomic mass is 16.5. The average molecular weight is 362 g/mol. The summed E-state index contributed by atoms with van der Waals surface area (Å²) in [4.78, 5) is 3.66. The molecule has 4 aromatic carbocycles. The molecule has 3 nitrogen and oxygen atoms in total. The van der Waals surface area contributed by atoms with E-state index in [1.807, 2.05) is 6.07 Å². The largest absolute Gasteiger partial charge is 0.497 e. The molecule has 2 heterocycles. The van der Waals surface area contributed by atoms with Crippen molar-refractivity contribution >= 4 is 43.6 Å². The zero-order valence-electron chi connectivity index (χ0n) is 15.4. The van der Waals surface area contributed by atoms with Crippen LogP contribution in [0.3, 0.4) is 0 Å². The summed E-state index contributed by atoms with van der Waals surface area (Å²) in [5, 5.41) is 4.97. The first-order valence-corrected chi connectivity index (χ1v) is 9.42. The second kappa shape index (κ2) is 5.64. The molecule has 0 saturated carbocycles. The van der Waals surface area contributed by atoms with E-state index in [-0.39, 0.29) is 0 Å². The molecule has 1 N–H and O–H groups in total. The molecule has 6 rings (SSSR count). The van der Waals surface area contributed by atoms with Gasteiger partial charge in [-0.05, 0) is 36.4 Å². The highest BCUT2D eigenvalue weighted by molar-refractivity contribution is 6.25. The molecule has 0 atom stereocenters. The van der Waals surface area contributed by atoms with Crippen molar-refractivity contribution in [2.75, 3.05) is 7.11 Å². The average Bonchev–Trinajstić information content (AvgIpc) is 3.29. The first kappa shape index (κ1) is 15.3. The number of para-hydroxylation sites is 2. The number of aromatic amines is 1. The number of nitrogens with one attached hydrogen (secondary N) is 1. The molecule has 0 aliphatic carbocycles. The highest BCUT2D eigenvalue weighted by Crippen LogP contribution is 2.39. The normalized spacial score (nSPS) is 11.8. The third kappa shape index (κ3) is 1.99. The zero-order valence-corrected chi connectivity index (χ0v) is 15.4. The lowest BCUT2D eigenvalue weighted by atomic mass is 10.1. The summed E-state index contributed by atoms with van der Waals surface area (Å²) in [5.41, 5.74) is 5.86. The fourth-order valence-corrected chi connectivity index (χ4v) is 4.39. The molecule has 0 bridgehead atoms. The van der Waals surface area contributed by atoms with Gasteiger partial charge in [0.05, 0.1) is 29.2 Å². The highest BCUT2D eigenvalue weighted by Gasteiger charge is 2.16. The summed E-state index contributed by atoms with van der Waals surface area (Å²) < 4.78 is 7.76. The molecule has 134 valence electrons. The smallest absolute Gasteiger partial charge is 0.120 e. The number of hydrogen-bond donors (Lipinski definition) is 1. The first-order valence-electron chi connectivity index (χ1n) is 9.42. The van der Waals surface area contributed by atoms with E-state index < -0.39 is 0 Å². The summed E-state index contributed by atoms with van der Waals surface area (Å²) in [5.74, 6) is 0.863. The Morgan fingerprint density at radius 1 is 0.714 bits per heavy atom. The number of benzene rings is 4. The summed E-state index contributed by atoms with van der Waals surface area (Å²) in [6.07, 6.45) is 0. The Labute approximate surface area is 161 Å². The minimum atomic E-state index is 0.863. The molecule has 28 heavy (non-hydrogen) atoms. The van der Waals surface area contributed by atoms with Gasteiger partial charge in [-0.15, -0.1) is 0 Å². The second-order valence-corrected chi connectivity index (χ2v) is 7.11. The molecule has 0 spiro atoms. The van der Waals surface area contributed by atoms with Crippen LogP contribution in [-0.4, -0.2) is 16.7 Å². The maximum atomic E-state index is 5.41. The maximum absolute atomic E-state index is 5.41. The first-order chi connectivity index (χ1) is 13.8. The lowest BCUT2D eigenvalue weighted by Crippen LogP contribution is -1.92. The number of ether oxygens (including phenoxy) is 1. The van der Waals surface area contributed by atoms with E-state index in [0.29, 0.717) is 0 Å². The molecule has 6 aromatic rings. The maximum Gasteiger partial charge on any atom is 0.120 e. The molecule has 0 saturated heterocycles. The van der Waals surface area contributed by atoms with Crippen LogP contribution in [0.2, 0.25) is 0 Å². The van der Waals surface area contributed by atoms with Crippen LogP contribution in [0, 0.1) is 0 Å². The van der Waals surface area contributed by atoms with Crippen LogP contribution >= 0.6 is 0 Å². The van der Waals surface area contributed by atoms with Gasteiger partial charge in [0.1, 0.15) is 5.75 Å². The predicted octanol–water partition coefficient (Wildman–Crippen LogP) is 6.43. The van der Waals surface area contributed by atoms with Crippen LogP contribution in [0.15, 0.2) is 84.9 Å². The van der Waals surface area contributed by atoms with Gasteiger partial charge in [0.15, 0.2) is 0 Å². The van der Waals surface area contributed by atoms with Crippen LogP contribution in [0.5, 0.6) is 5.75 Å². The van der Waals surface area contributed by atoms with E-state index in [1.165, 1.54) is 43.8 Å². The van der Waals surface area contributed by atoms with Crippen LogP contribution in [0.4, 0.5) is 0 Å². The Bertz CT molecular complexity index is 1490. The van der Waals surface area contributed by atoms with Gasteiger partial charge in [0, 0.05) is 33.3 Å². The molecular weight excluding hydrogens is 344 g/mol. The molecule has 0 unspecified atom stereocenters. The fraction of sp³-hybridized carbons (Fsp3) is 0.0400. The van der Waals surface area contributed by atoms with Crippen molar-refractivity contribution in [1.82, 2.24) is 9.55 Å². The van der Waals surface area contributed by atoms with Crippen molar-refractivity contribution in [3.63, 3.8) is 0 Å². The van der Waals surface area contributed by atoms with E-state index in [4.69, 9.17) is 4.74 Å². The summed E-state index contributed by atoms with van der Waals surface area (Å²) in [6, 6.07) is 29.9. The molecular formula is C25H18N2O. The fourth-order valence-electron chi connectivity index (χ4n) is 4.39. The third-order valence-electron chi connectivity index (χ3n) is 5.63. The van der Waals surface area contributed by atoms with Gasteiger partial charge in [0.2, 0.25) is 0 Å². The van der Waals surface area contributed by atoms with Crippen molar-refractivity contribution in [1.29, 1.82) is 0 Å². The van der Waals surface area contributed by atoms with Gasteiger partial charge < -0.3 is 14.3 Å². The Morgan fingerprint density at radius 3 is 2.36 bits per heavy atom. The lowest BCUT2D eigenvalue weighted by Gasteiger charge is -2.07. The van der Waals surface area contributed by atoms with E-state index in [1.54, 1.807) is 7.11 Å². The van der Waals surface area contributed by atoms with Crippen LogP contribution < -0.4 is 4.74 Å². The summed E-state index contributed by atoms with van der Waals surface area (Å²) in [6.45, 7) is 0. The molecule has 0 amide bonds. The molecule has 2 aromatic heterocycles. The number of methoxy groups -OCH3 is 1. The van der Waals surface area contributed by atoms with Crippen LogP contribution in [0.25, 0.3) is 49.3 Å². The van der Waals surface area contributed by atoms with Gasteiger partial charge in [-0.1, -0.05) is 42.5 Å². The van der Waals surface area contributed by atoms with E-state index >= 15 is 0 Å². The number of hydrogen-bond acceptors (Lipinski definition) is 1. The second-order valence-electron chi connectivity index (χ2n) is 7.11. The number of fused-ring (bicyclic) bond motifs is 7. The van der Waals surface area contributed by atoms with Crippen LogP contribution in [-0.2, 0) is 0 Å². The number of nitrogens with zero attached hydrogens (tertiary/aromatic N) is 1. The SMILES string of the molecule is COc1ccc2c(c1)[nH]c1c2ccc2c1c1ccccc1n2-c1ccccc1. The topological polar surface area (TPSA) is 29.9 Å². The van der Waals surface area contributed by atoms with Gasteiger partial charge in [0.25, 0.3) is 0 Å². The minimum Gasteiger partial charge on any atom is -0.497 e. The number of rotatable bonds is 2. The number of aromatic nitrogens is 2. The molecule has 0 aliphatic rings. The van der Waals surface area contributed by atoms with Crippen molar-refractivity contribution < 1.29 is 4.74 Å². The monoisotopic (exact) mass is 362 g/mol. The molecule has 0 radical (unpaired) electrons. The summed E-state index contributed by atoms with van der Waals surface area (Å²) >= 11 is 0. The van der Waals surface area contributed by atoms with Crippen molar-refractivity contribution in [3.05, 3.63) is 84.9 Å². The third-order valence-corrected chi connectivity index (χ3v) is 5.63. The van der Waals surface area contributed by atoms with E-state index in [2.05, 4.69) is 88.4 Å². The van der Waals surface area contributed by atoms with Gasteiger partial charge in [-0.2, -0.15) is 0 Å².